The van der Waals surface area contributed by atoms with Crippen LogP contribution in [-0.2, 0) is 9.59 Å². The minimum absolute atomic E-state index is 0.0532. The van der Waals surface area contributed by atoms with Gasteiger partial charge in [0.2, 0.25) is 5.91 Å². The van der Waals surface area contributed by atoms with Gasteiger partial charge in [-0.2, -0.15) is 0 Å². The number of para-hydroxylation sites is 1. The van der Waals surface area contributed by atoms with Gasteiger partial charge in [0.1, 0.15) is 5.70 Å². The third-order valence-electron chi connectivity index (χ3n) is 6.57. The zero-order valence-corrected chi connectivity index (χ0v) is 24.3. The molecule has 4 aromatic carbocycles. The van der Waals surface area contributed by atoms with E-state index < -0.39 is 22.0 Å². The van der Waals surface area contributed by atoms with Crippen LogP contribution in [0.15, 0.2) is 120 Å². The third-order valence-corrected chi connectivity index (χ3v) is 7.66. The van der Waals surface area contributed by atoms with Crippen molar-refractivity contribution in [1.29, 1.82) is 0 Å². The van der Waals surface area contributed by atoms with Crippen LogP contribution in [0.2, 0.25) is 0 Å². The molecule has 5 aromatic rings. The summed E-state index contributed by atoms with van der Waals surface area (Å²) in [6, 6.07) is 28.9. The van der Waals surface area contributed by atoms with Crippen LogP contribution in [0.4, 0.5) is 17.1 Å². The maximum absolute atomic E-state index is 13.5. The summed E-state index contributed by atoms with van der Waals surface area (Å²) in [7, 11) is 0. The number of carbonyl (C=O) groups is 3. The zero-order chi connectivity index (χ0) is 31.1. The number of fused-ring (bicyclic) bond motifs is 1. The van der Waals surface area contributed by atoms with E-state index in [4.69, 9.17) is 0 Å². The standard InChI is InChI=1S/C33H27N5O5S/c1-21(31(39)35-24-14-16-26(17-15-24)38(42)43)44-27-11-7-10-25(19-27)36-33(41)30(37-32(40)22-8-3-2-4-9-22)18-23-20-34-29-13-6-5-12-28(23)29/h2-21,34H,1H3,(H,35,39)(H,36,41)(H,37,40)/b30-18-. The number of hydrogen-bond acceptors (Lipinski definition) is 6. The second-order valence-corrected chi connectivity index (χ2v) is 11.1. The van der Waals surface area contributed by atoms with E-state index in [-0.39, 0.29) is 17.3 Å². The highest BCUT2D eigenvalue weighted by molar-refractivity contribution is 8.00. The Morgan fingerprint density at radius 2 is 1.59 bits per heavy atom. The van der Waals surface area contributed by atoms with Crippen LogP contribution in [-0.4, -0.2) is 32.9 Å². The van der Waals surface area contributed by atoms with Crippen molar-refractivity contribution in [3.8, 4) is 0 Å². The van der Waals surface area contributed by atoms with Crippen molar-refractivity contribution >= 4 is 63.5 Å². The van der Waals surface area contributed by atoms with Crippen molar-refractivity contribution in [3.63, 3.8) is 0 Å². The number of benzene rings is 4. The first kappa shape index (κ1) is 29.8. The number of nitrogens with one attached hydrogen (secondary N) is 4. The molecule has 44 heavy (non-hydrogen) atoms. The van der Waals surface area contributed by atoms with Gasteiger partial charge in [-0.05, 0) is 61.5 Å². The molecule has 1 heterocycles. The molecule has 3 amide bonds. The molecule has 0 saturated carbocycles. The smallest absolute Gasteiger partial charge is 0.272 e. The lowest BCUT2D eigenvalue weighted by molar-refractivity contribution is -0.384. The van der Waals surface area contributed by atoms with Gasteiger partial charge in [0.15, 0.2) is 0 Å². The molecule has 0 spiro atoms. The highest BCUT2D eigenvalue weighted by Crippen LogP contribution is 2.27. The zero-order valence-electron chi connectivity index (χ0n) is 23.4. The summed E-state index contributed by atoms with van der Waals surface area (Å²) in [6.07, 6.45) is 3.39. The highest BCUT2D eigenvalue weighted by Gasteiger charge is 2.18. The molecule has 1 aromatic heterocycles. The first-order chi connectivity index (χ1) is 21.3. The Morgan fingerprint density at radius 3 is 2.34 bits per heavy atom. The number of amides is 3. The monoisotopic (exact) mass is 605 g/mol. The van der Waals surface area contributed by atoms with E-state index in [9.17, 15) is 24.5 Å². The first-order valence-electron chi connectivity index (χ1n) is 13.5. The molecule has 4 N–H and O–H groups in total. The lowest BCUT2D eigenvalue weighted by atomic mass is 10.1. The largest absolute Gasteiger partial charge is 0.361 e. The molecule has 11 heteroatoms. The number of anilines is 2. The number of nitrogens with zero attached hydrogens (tertiary/aromatic N) is 1. The molecular weight excluding hydrogens is 578 g/mol. The summed E-state index contributed by atoms with van der Waals surface area (Å²) >= 11 is 1.28. The first-order valence-corrected chi connectivity index (χ1v) is 14.4. The van der Waals surface area contributed by atoms with Gasteiger partial charge in [-0.15, -0.1) is 11.8 Å². The SMILES string of the molecule is CC(Sc1cccc(NC(=O)/C(=C/c2c[nH]c3ccccc23)NC(=O)c2ccccc2)c1)C(=O)Nc1ccc([N+](=O)[O-])cc1. The summed E-state index contributed by atoms with van der Waals surface area (Å²) in [4.78, 5) is 53.6. The van der Waals surface area contributed by atoms with Gasteiger partial charge in [-0.25, -0.2) is 0 Å². The van der Waals surface area contributed by atoms with Crippen LogP contribution >= 0.6 is 11.8 Å². The second-order valence-electron chi connectivity index (χ2n) is 9.70. The van der Waals surface area contributed by atoms with E-state index >= 15 is 0 Å². The number of nitro groups is 1. The molecule has 1 unspecified atom stereocenters. The Hall–Kier alpha value is -5.68. The Bertz CT molecular complexity index is 1870. The molecule has 0 aliphatic heterocycles. The number of aromatic amines is 1. The molecule has 0 bridgehead atoms. The van der Waals surface area contributed by atoms with Crippen molar-refractivity contribution in [2.45, 2.75) is 17.1 Å². The van der Waals surface area contributed by atoms with E-state index in [1.165, 1.54) is 36.0 Å². The Kier molecular flexibility index (Phi) is 9.16. The van der Waals surface area contributed by atoms with Crippen molar-refractivity contribution in [1.82, 2.24) is 10.3 Å². The van der Waals surface area contributed by atoms with Crippen LogP contribution in [0.3, 0.4) is 0 Å². The number of rotatable bonds is 10. The van der Waals surface area contributed by atoms with E-state index in [2.05, 4.69) is 20.9 Å². The van der Waals surface area contributed by atoms with Crippen LogP contribution in [0.5, 0.6) is 0 Å². The summed E-state index contributed by atoms with van der Waals surface area (Å²) < 4.78 is 0. The number of thioether (sulfide) groups is 1. The predicted molar refractivity (Wildman–Crippen MR) is 172 cm³/mol. The number of carbonyl (C=O) groups excluding carboxylic acids is 3. The van der Waals surface area contributed by atoms with Gasteiger partial charge in [-0.1, -0.05) is 42.5 Å². The van der Waals surface area contributed by atoms with Gasteiger partial charge >= 0.3 is 0 Å². The fourth-order valence-corrected chi connectivity index (χ4v) is 5.25. The summed E-state index contributed by atoms with van der Waals surface area (Å²) in [5.41, 5.74) is 2.94. The van der Waals surface area contributed by atoms with E-state index in [1.54, 1.807) is 67.7 Å². The number of non-ortho nitro benzene ring substituents is 1. The number of H-pyrrole nitrogens is 1. The van der Waals surface area contributed by atoms with Gasteiger partial charge < -0.3 is 20.9 Å². The average Bonchev–Trinajstić information content (AvgIpc) is 3.44. The fraction of sp³-hybridized carbons (Fsp3) is 0.0606. The molecule has 10 nitrogen and oxygen atoms in total. The van der Waals surface area contributed by atoms with E-state index in [0.717, 1.165) is 21.4 Å². The van der Waals surface area contributed by atoms with Crippen molar-refractivity contribution in [3.05, 3.63) is 136 Å². The normalized spacial score (nSPS) is 11.9. The maximum atomic E-state index is 13.5. The van der Waals surface area contributed by atoms with Crippen LogP contribution in [0.25, 0.3) is 17.0 Å². The lowest BCUT2D eigenvalue weighted by Gasteiger charge is -2.14. The van der Waals surface area contributed by atoms with Gasteiger partial charge in [0, 0.05) is 56.6 Å². The number of nitro benzene ring substituents is 1. The second kappa shape index (κ2) is 13.5. The molecule has 0 aliphatic carbocycles. The van der Waals surface area contributed by atoms with Crippen LogP contribution in [0, 0.1) is 10.1 Å². The molecule has 0 saturated heterocycles. The quantitative estimate of drug-likeness (QED) is 0.0610. The highest BCUT2D eigenvalue weighted by atomic mass is 32.2. The maximum Gasteiger partial charge on any atom is 0.272 e. The Morgan fingerprint density at radius 1 is 0.864 bits per heavy atom. The third kappa shape index (κ3) is 7.39. The van der Waals surface area contributed by atoms with E-state index in [0.29, 0.717) is 16.9 Å². The summed E-state index contributed by atoms with van der Waals surface area (Å²) in [5.74, 6) is -1.24. The van der Waals surface area contributed by atoms with Crippen molar-refractivity contribution in [2.24, 2.45) is 0 Å². The molecular formula is C33H27N5O5S. The number of hydrogen-bond donors (Lipinski definition) is 4. The average molecular weight is 606 g/mol. The minimum atomic E-state index is -0.523. The summed E-state index contributed by atoms with van der Waals surface area (Å²) in [6.45, 7) is 1.73. The van der Waals surface area contributed by atoms with Crippen LogP contribution < -0.4 is 16.0 Å². The van der Waals surface area contributed by atoms with Gasteiger partial charge in [0.25, 0.3) is 17.5 Å². The number of aromatic nitrogens is 1. The molecule has 5 rings (SSSR count). The minimum Gasteiger partial charge on any atom is -0.361 e. The molecule has 1 atom stereocenters. The van der Waals surface area contributed by atoms with Gasteiger partial charge in [0.05, 0.1) is 10.2 Å². The van der Waals surface area contributed by atoms with Crippen LogP contribution in [0.1, 0.15) is 22.8 Å². The molecule has 220 valence electrons. The van der Waals surface area contributed by atoms with E-state index in [1.807, 2.05) is 30.3 Å². The Balaban J connectivity index is 1.31. The molecule has 0 aliphatic rings. The van der Waals surface area contributed by atoms with Crippen molar-refractivity contribution in [2.75, 3.05) is 10.6 Å². The summed E-state index contributed by atoms with van der Waals surface area (Å²) in [5, 5.41) is 19.6. The molecule has 0 radical (unpaired) electrons. The predicted octanol–water partition coefficient (Wildman–Crippen LogP) is 6.61. The topological polar surface area (TPSA) is 146 Å². The Labute approximate surface area is 256 Å². The lowest BCUT2D eigenvalue weighted by Crippen LogP contribution is -2.30. The molecule has 0 fully saturated rings. The van der Waals surface area contributed by atoms with Gasteiger partial charge in [-0.3, -0.25) is 24.5 Å². The van der Waals surface area contributed by atoms with Crippen molar-refractivity contribution < 1.29 is 19.3 Å². The fourth-order valence-electron chi connectivity index (χ4n) is 4.32.